The molecule has 0 atom stereocenters. The van der Waals surface area contributed by atoms with Gasteiger partial charge in [0.15, 0.2) is 0 Å². The van der Waals surface area contributed by atoms with Crippen LogP contribution in [-0.2, 0) is 13.1 Å². The molecule has 3 heteroatoms. The molecular formula is C17H30N2O. The lowest BCUT2D eigenvalue weighted by Crippen LogP contribution is -2.27. The predicted octanol–water partition coefficient (Wildman–Crippen LogP) is 3.71. The molecule has 1 heterocycles. The third-order valence-electron chi connectivity index (χ3n) is 4.02. The van der Waals surface area contributed by atoms with Gasteiger partial charge < -0.3 is 9.73 Å². The Morgan fingerprint density at radius 3 is 2.75 bits per heavy atom. The lowest BCUT2D eigenvalue weighted by atomic mass is 10.1. The number of hydrogen-bond acceptors (Lipinski definition) is 3. The van der Waals surface area contributed by atoms with Gasteiger partial charge in [-0.05, 0) is 56.8 Å². The molecule has 1 aromatic heterocycles. The first kappa shape index (κ1) is 15.6. The summed E-state index contributed by atoms with van der Waals surface area (Å²) in [4.78, 5) is 2.61. The molecule has 20 heavy (non-hydrogen) atoms. The number of hydrogen-bond donors (Lipinski definition) is 1. The van der Waals surface area contributed by atoms with Crippen LogP contribution in [0.15, 0.2) is 10.5 Å². The molecule has 0 bridgehead atoms. The van der Waals surface area contributed by atoms with E-state index in [9.17, 15) is 0 Å². The highest BCUT2D eigenvalue weighted by Crippen LogP contribution is 2.29. The average molecular weight is 278 g/mol. The van der Waals surface area contributed by atoms with Crippen molar-refractivity contribution in [1.82, 2.24) is 10.2 Å². The van der Waals surface area contributed by atoms with E-state index in [1.807, 2.05) is 0 Å². The normalized spacial score (nSPS) is 15.5. The fourth-order valence-electron chi connectivity index (χ4n) is 2.54. The Labute approximate surface area is 123 Å². The molecule has 1 saturated carbocycles. The molecule has 2 rings (SSSR count). The summed E-state index contributed by atoms with van der Waals surface area (Å²) in [6.45, 7) is 12.9. The second-order valence-electron chi connectivity index (χ2n) is 6.48. The zero-order chi connectivity index (χ0) is 14.5. The molecule has 1 aliphatic rings. The fraction of sp³-hybridized carbons (Fsp3) is 0.765. The van der Waals surface area contributed by atoms with Gasteiger partial charge in [0.05, 0.1) is 13.1 Å². The van der Waals surface area contributed by atoms with Crippen molar-refractivity contribution < 1.29 is 4.42 Å². The van der Waals surface area contributed by atoms with Crippen LogP contribution >= 0.6 is 0 Å². The Morgan fingerprint density at radius 2 is 2.15 bits per heavy atom. The van der Waals surface area contributed by atoms with Crippen molar-refractivity contribution in [2.24, 2.45) is 5.92 Å². The van der Waals surface area contributed by atoms with Crippen molar-refractivity contribution in [3.05, 3.63) is 23.2 Å². The topological polar surface area (TPSA) is 28.4 Å². The predicted molar refractivity (Wildman–Crippen MR) is 83.7 cm³/mol. The van der Waals surface area contributed by atoms with Gasteiger partial charge in [0.1, 0.15) is 11.5 Å². The molecule has 0 unspecified atom stereocenters. The molecule has 0 amide bonds. The van der Waals surface area contributed by atoms with E-state index in [4.69, 9.17) is 4.42 Å². The standard InChI is InChI=1S/C17H30N2O/c1-5-18-11-17-14(4)10-16(20-17)12-19(15-6-7-15)9-8-13(2)3/h10,13,15,18H,5-9,11-12H2,1-4H3. The highest BCUT2D eigenvalue weighted by atomic mass is 16.3. The van der Waals surface area contributed by atoms with E-state index in [1.54, 1.807) is 0 Å². The monoisotopic (exact) mass is 278 g/mol. The van der Waals surface area contributed by atoms with Crippen molar-refractivity contribution in [3.8, 4) is 0 Å². The number of aryl methyl sites for hydroxylation is 1. The minimum absolute atomic E-state index is 0.777. The Balaban J connectivity index is 1.92. The Kier molecular flexibility index (Phi) is 5.67. The maximum atomic E-state index is 6.03. The zero-order valence-electron chi connectivity index (χ0n) is 13.5. The molecule has 1 aromatic rings. The Bertz CT molecular complexity index is 407. The molecule has 0 aromatic carbocycles. The molecule has 1 aliphatic carbocycles. The van der Waals surface area contributed by atoms with Crippen molar-refractivity contribution in [3.63, 3.8) is 0 Å². The maximum absolute atomic E-state index is 6.03. The van der Waals surface area contributed by atoms with E-state index in [1.165, 1.54) is 31.4 Å². The minimum Gasteiger partial charge on any atom is -0.463 e. The van der Waals surface area contributed by atoms with E-state index in [2.05, 4.69) is 44.0 Å². The van der Waals surface area contributed by atoms with Crippen LogP contribution in [0.2, 0.25) is 0 Å². The van der Waals surface area contributed by atoms with E-state index in [0.717, 1.165) is 43.1 Å². The summed E-state index contributed by atoms with van der Waals surface area (Å²) in [7, 11) is 0. The summed E-state index contributed by atoms with van der Waals surface area (Å²) in [5.41, 5.74) is 1.28. The Morgan fingerprint density at radius 1 is 1.40 bits per heavy atom. The van der Waals surface area contributed by atoms with Gasteiger partial charge in [-0.25, -0.2) is 0 Å². The van der Waals surface area contributed by atoms with E-state index >= 15 is 0 Å². The lowest BCUT2D eigenvalue weighted by molar-refractivity contribution is 0.219. The first-order valence-electron chi connectivity index (χ1n) is 8.13. The molecule has 1 N–H and O–H groups in total. The summed E-state index contributed by atoms with van der Waals surface area (Å²) in [5, 5.41) is 3.34. The summed E-state index contributed by atoms with van der Waals surface area (Å²) in [5.74, 6) is 3.01. The molecule has 0 radical (unpaired) electrons. The molecule has 0 spiro atoms. The van der Waals surface area contributed by atoms with Gasteiger partial charge in [0, 0.05) is 6.04 Å². The van der Waals surface area contributed by atoms with Crippen molar-refractivity contribution in [1.29, 1.82) is 0 Å². The third kappa shape index (κ3) is 4.64. The minimum atomic E-state index is 0.777. The quantitative estimate of drug-likeness (QED) is 0.746. The summed E-state index contributed by atoms with van der Waals surface area (Å²) >= 11 is 0. The summed E-state index contributed by atoms with van der Waals surface area (Å²) < 4.78 is 6.03. The van der Waals surface area contributed by atoms with Gasteiger partial charge in [0.2, 0.25) is 0 Å². The van der Waals surface area contributed by atoms with Crippen LogP contribution in [-0.4, -0.2) is 24.0 Å². The number of furan rings is 1. The van der Waals surface area contributed by atoms with Gasteiger partial charge >= 0.3 is 0 Å². The zero-order valence-corrected chi connectivity index (χ0v) is 13.5. The van der Waals surface area contributed by atoms with Gasteiger partial charge in [0.25, 0.3) is 0 Å². The SMILES string of the molecule is CCNCc1oc(CN(CCC(C)C)C2CC2)cc1C. The fourth-order valence-corrected chi connectivity index (χ4v) is 2.54. The van der Waals surface area contributed by atoms with Crippen molar-refractivity contribution >= 4 is 0 Å². The van der Waals surface area contributed by atoms with E-state index in [-0.39, 0.29) is 0 Å². The second kappa shape index (κ2) is 7.28. The lowest BCUT2D eigenvalue weighted by Gasteiger charge is -2.21. The molecular weight excluding hydrogens is 248 g/mol. The van der Waals surface area contributed by atoms with Gasteiger partial charge in [-0.2, -0.15) is 0 Å². The number of nitrogens with one attached hydrogen (secondary N) is 1. The van der Waals surface area contributed by atoms with Crippen LogP contribution in [0.1, 0.15) is 57.1 Å². The van der Waals surface area contributed by atoms with Gasteiger partial charge in [-0.3, -0.25) is 4.90 Å². The van der Waals surface area contributed by atoms with Crippen LogP contribution < -0.4 is 5.32 Å². The maximum Gasteiger partial charge on any atom is 0.120 e. The first-order chi connectivity index (χ1) is 9.60. The summed E-state index contributed by atoms with van der Waals surface area (Å²) in [6.07, 6.45) is 4.00. The average Bonchev–Trinajstić information content (AvgIpc) is 3.17. The van der Waals surface area contributed by atoms with Crippen LogP contribution in [0.5, 0.6) is 0 Å². The van der Waals surface area contributed by atoms with E-state index in [0.29, 0.717) is 0 Å². The highest BCUT2D eigenvalue weighted by molar-refractivity contribution is 5.20. The van der Waals surface area contributed by atoms with Gasteiger partial charge in [-0.1, -0.05) is 20.8 Å². The molecule has 3 nitrogen and oxygen atoms in total. The van der Waals surface area contributed by atoms with E-state index < -0.39 is 0 Å². The highest BCUT2D eigenvalue weighted by Gasteiger charge is 2.29. The molecule has 114 valence electrons. The Hall–Kier alpha value is -0.800. The number of rotatable bonds is 9. The molecule has 1 fully saturated rings. The van der Waals surface area contributed by atoms with Crippen LogP contribution in [0.4, 0.5) is 0 Å². The number of nitrogens with zero attached hydrogens (tertiary/aromatic N) is 1. The summed E-state index contributed by atoms with van der Waals surface area (Å²) in [6, 6.07) is 3.02. The third-order valence-corrected chi connectivity index (χ3v) is 4.02. The van der Waals surface area contributed by atoms with Crippen molar-refractivity contribution in [2.75, 3.05) is 13.1 Å². The molecule has 0 aliphatic heterocycles. The van der Waals surface area contributed by atoms with Crippen molar-refractivity contribution in [2.45, 2.75) is 66.1 Å². The molecule has 0 saturated heterocycles. The second-order valence-corrected chi connectivity index (χ2v) is 6.48. The van der Waals surface area contributed by atoms with Crippen LogP contribution in [0.25, 0.3) is 0 Å². The smallest absolute Gasteiger partial charge is 0.120 e. The largest absolute Gasteiger partial charge is 0.463 e. The van der Waals surface area contributed by atoms with Crippen LogP contribution in [0, 0.1) is 12.8 Å². The van der Waals surface area contributed by atoms with Crippen LogP contribution in [0.3, 0.4) is 0 Å². The first-order valence-corrected chi connectivity index (χ1v) is 8.13. The van der Waals surface area contributed by atoms with Gasteiger partial charge in [-0.15, -0.1) is 0 Å².